The number of likely N-dealkylation sites (N-methyl/N-ethyl adjacent to an activating group) is 1. The first-order valence-corrected chi connectivity index (χ1v) is 6.57. The van der Waals surface area contributed by atoms with Crippen molar-refractivity contribution in [3.05, 3.63) is 35.9 Å². The predicted octanol–water partition coefficient (Wildman–Crippen LogP) is 1.01. The number of hydrogen-bond acceptors (Lipinski definition) is 3. The van der Waals surface area contributed by atoms with Crippen molar-refractivity contribution in [2.75, 3.05) is 20.6 Å². The minimum atomic E-state index is -0.500. The van der Waals surface area contributed by atoms with Crippen molar-refractivity contribution < 1.29 is 4.79 Å². The molecule has 4 heteroatoms. The summed E-state index contributed by atoms with van der Waals surface area (Å²) in [4.78, 5) is 14.0. The third kappa shape index (κ3) is 5.01. The summed E-state index contributed by atoms with van der Waals surface area (Å²) in [7, 11) is 3.99. The Hall–Kier alpha value is -1.39. The van der Waals surface area contributed by atoms with Gasteiger partial charge in [0.15, 0.2) is 0 Å². The van der Waals surface area contributed by atoms with Gasteiger partial charge in [0, 0.05) is 12.1 Å². The van der Waals surface area contributed by atoms with Gasteiger partial charge in [-0.15, -0.1) is 0 Å². The Kier molecular flexibility index (Phi) is 5.51. The number of benzene rings is 1. The summed E-state index contributed by atoms with van der Waals surface area (Å²) in [5.41, 5.74) is 6.93. The van der Waals surface area contributed by atoms with Gasteiger partial charge in [0.1, 0.15) is 0 Å². The maximum atomic E-state index is 12.0. The van der Waals surface area contributed by atoms with E-state index in [0.717, 1.165) is 5.56 Å². The van der Waals surface area contributed by atoms with Crippen LogP contribution >= 0.6 is 0 Å². The van der Waals surface area contributed by atoms with Gasteiger partial charge in [-0.05, 0) is 39.9 Å². The lowest BCUT2D eigenvalue weighted by Crippen LogP contribution is -2.51. The minimum Gasteiger partial charge on any atom is -0.353 e. The van der Waals surface area contributed by atoms with Gasteiger partial charge in [0.2, 0.25) is 5.91 Å². The quantitative estimate of drug-likeness (QED) is 0.805. The SMILES string of the molecule is CN(C)C(C)(C)CNC(=O)C(N)Cc1ccccc1. The third-order valence-corrected chi connectivity index (χ3v) is 3.54. The molecule has 19 heavy (non-hydrogen) atoms. The van der Waals surface area contributed by atoms with Crippen LogP contribution in [0.2, 0.25) is 0 Å². The number of nitrogens with one attached hydrogen (secondary N) is 1. The van der Waals surface area contributed by atoms with Crippen molar-refractivity contribution >= 4 is 5.91 Å². The highest BCUT2D eigenvalue weighted by Crippen LogP contribution is 2.08. The fourth-order valence-electron chi connectivity index (χ4n) is 1.55. The molecule has 0 aliphatic carbocycles. The fourth-order valence-corrected chi connectivity index (χ4v) is 1.55. The highest BCUT2D eigenvalue weighted by Gasteiger charge is 2.22. The lowest BCUT2D eigenvalue weighted by molar-refractivity contribution is -0.122. The molecule has 0 spiro atoms. The summed E-state index contributed by atoms with van der Waals surface area (Å²) in [6.45, 7) is 4.74. The first-order chi connectivity index (χ1) is 8.83. The van der Waals surface area contributed by atoms with Crippen molar-refractivity contribution in [1.29, 1.82) is 0 Å². The number of carbonyl (C=O) groups is 1. The van der Waals surface area contributed by atoms with Crippen LogP contribution in [0.3, 0.4) is 0 Å². The lowest BCUT2D eigenvalue weighted by Gasteiger charge is -2.33. The summed E-state index contributed by atoms with van der Waals surface area (Å²) < 4.78 is 0. The minimum absolute atomic E-state index is 0.0812. The molecule has 106 valence electrons. The smallest absolute Gasteiger partial charge is 0.237 e. The number of rotatable bonds is 6. The second-order valence-corrected chi connectivity index (χ2v) is 5.72. The van der Waals surface area contributed by atoms with E-state index in [-0.39, 0.29) is 11.4 Å². The first kappa shape index (κ1) is 15.7. The molecule has 3 N–H and O–H groups in total. The third-order valence-electron chi connectivity index (χ3n) is 3.54. The van der Waals surface area contributed by atoms with Crippen LogP contribution in [0, 0.1) is 0 Å². The predicted molar refractivity (Wildman–Crippen MR) is 78.9 cm³/mol. The van der Waals surface area contributed by atoms with Crippen LogP contribution in [0.15, 0.2) is 30.3 Å². The fraction of sp³-hybridized carbons (Fsp3) is 0.533. The monoisotopic (exact) mass is 263 g/mol. The highest BCUT2D eigenvalue weighted by molar-refractivity contribution is 5.81. The van der Waals surface area contributed by atoms with Crippen molar-refractivity contribution in [2.24, 2.45) is 5.73 Å². The van der Waals surface area contributed by atoms with E-state index >= 15 is 0 Å². The normalized spacial score (nSPS) is 13.4. The van der Waals surface area contributed by atoms with E-state index in [9.17, 15) is 4.79 Å². The Morgan fingerprint density at radius 3 is 2.42 bits per heavy atom. The molecule has 0 heterocycles. The van der Waals surface area contributed by atoms with Crippen molar-refractivity contribution in [3.8, 4) is 0 Å². The standard InChI is InChI=1S/C15H25N3O/c1-15(2,18(3)4)11-17-14(19)13(16)10-12-8-6-5-7-9-12/h5-9,13H,10-11,16H2,1-4H3,(H,17,19). The molecule has 0 saturated heterocycles. The van der Waals surface area contributed by atoms with E-state index in [4.69, 9.17) is 5.73 Å². The lowest BCUT2D eigenvalue weighted by atomic mass is 10.0. The molecule has 1 aromatic rings. The van der Waals surface area contributed by atoms with Gasteiger partial charge >= 0.3 is 0 Å². The molecule has 1 unspecified atom stereocenters. The van der Waals surface area contributed by atoms with E-state index in [1.165, 1.54) is 0 Å². The Bertz CT molecular complexity index is 401. The number of hydrogen-bond donors (Lipinski definition) is 2. The summed E-state index contributed by atoms with van der Waals surface area (Å²) in [5.74, 6) is -0.0984. The molecule has 1 aromatic carbocycles. The van der Waals surface area contributed by atoms with E-state index in [0.29, 0.717) is 13.0 Å². The molecule has 0 fully saturated rings. The van der Waals surface area contributed by atoms with E-state index in [2.05, 4.69) is 24.1 Å². The van der Waals surface area contributed by atoms with Crippen molar-refractivity contribution in [2.45, 2.75) is 31.8 Å². The molecule has 1 rings (SSSR count). The van der Waals surface area contributed by atoms with Gasteiger partial charge in [-0.3, -0.25) is 4.79 Å². The van der Waals surface area contributed by atoms with E-state index in [1.807, 2.05) is 44.4 Å². The molecule has 1 atom stereocenters. The average molecular weight is 263 g/mol. The summed E-state index contributed by atoms with van der Waals surface area (Å²) in [5, 5.41) is 2.92. The first-order valence-electron chi connectivity index (χ1n) is 6.57. The zero-order chi connectivity index (χ0) is 14.5. The average Bonchev–Trinajstić information content (AvgIpc) is 2.37. The van der Waals surface area contributed by atoms with E-state index in [1.54, 1.807) is 0 Å². The van der Waals surface area contributed by atoms with Crippen molar-refractivity contribution in [3.63, 3.8) is 0 Å². The summed E-state index contributed by atoms with van der Waals surface area (Å²) in [6.07, 6.45) is 0.565. The second-order valence-electron chi connectivity index (χ2n) is 5.72. The Morgan fingerprint density at radius 2 is 1.89 bits per heavy atom. The maximum Gasteiger partial charge on any atom is 0.237 e. The molecule has 0 aliphatic rings. The van der Waals surface area contributed by atoms with Gasteiger partial charge in [0.05, 0.1) is 6.04 Å². The maximum absolute atomic E-state index is 12.0. The topological polar surface area (TPSA) is 58.4 Å². The number of nitrogens with zero attached hydrogens (tertiary/aromatic N) is 1. The number of carbonyl (C=O) groups excluding carboxylic acids is 1. The molecule has 0 saturated carbocycles. The van der Waals surface area contributed by atoms with Crippen LogP contribution in [0.5, 0.6) is 0 Å². The van der Waals surface area contributed by atoms with Crippen LogP contribution in [-0.2, 0) is 11.2 Å². The largest absolute Gasteiger partial charge is 0.353 e. The summed E-state index contributed by atoms with van der Waals surface area (Å²) >= 11 is 0. The van der Waals surface area contributed by atoms with Gasteiger partial charge in [-0.1, -0.05) is 30.3 Å². The van der Waals surface area contributed by atoms with Gasteiger partial charge in [0.25, 0.3) is 0 Å². The number of nitrogens with two attached hydrogens (primary N) is 1. The van der Waals surface area contributed by atoms with Gasteiger partial charge in [-0.2, -0.15) is 0 Å². The molecular weight excluding hydrogens is 238 g/mol. The molecule has 0 aliphatic heterocycles. The second kappa shape index (κ2) is 6.68. The van der Waals surface area contributed by atoms with Crippen LogP contribution < -0.4 is 11.1 Å². The Morgan fingerprint density at radius 1 is 1.32 bits per heavy atom. The van der Waals surface area contributed by atoms with Crippen LogP contribution in [0.4, 0.5) is 0 Å². The zero-order valence-corrected chi connectivity index (χ0v) is 12.3. The van der Waals surface area contributed by atoms with Crippen molar-refractivity contribution in [1.82, 2.24) is 10.2 Å². The van der Waals surface area contributed by atoms with Gasteiger partial charge < -0.3 is 16.0 Å². The number of amides is 1. The molecule has 0 aromatic heterocycles. The molecular formula is C15H25N3O. The van der Waals surface area contributed by atoms with Gasteiger partial charge in [-0.25, -0.2) is 0 Å². The molecule has 0 bridgehead atoms. The summed E-state index contributed by atoms with van der Waals surface area (Å²) in [6, 6.07) is 9.33. The molecule has 0 radical (unpaired) electrons. The zero-order valence-electron chi connectivity index (χ0n) is 12.3. The van der Waals surface area contributed by atoms with Crippen LogP contribution in [-0.4, -0.2) is 43.0 Å². The highest BCUT2D eigenvalue weighted by atomic mass is 16.2. The van der Waals surface area contributed by atoms with Crippen LogP contribution in [0.25, 0.3) is 0 Å². The Balaban J connectivity index is 2.46. The molecule has 1 amide bonds. The van der Waals surface area contributed by atoms with E-state index < -0.39 is 6.04 Å². The van der Waals surface area contributed by atoms with Crippen LogP contribution in [0.1, 0.15) is 19.4 Å². The molecule has 4 nitrogen and oxygen atoms in total. The Labute approximate surface area is 116 Å².